The van der Waals surface area contributed by atoms with Crippen LogP contribution in [0.3, 0.4) is 0 Å². The molecule has 6 nitrogen and oxygen atoms in total. The molecular formula is C16H20N4O2. The van der Waals surface area contributed by atoms with E-state index in [1.54, 1.807) is 13.3 Å². The molecule has 1 saturated carbocycles. The van der Waals surface area contributed by atoms with Gasteiger partial charge in [-0.1, -0.05) is 12.1 Å². The van der Waals surface area contributed by atoms with Crippen molar-refractivity contribution in [2.24, 2.45) is 13.0 Å². The molecule has 2 aromatic rings. The Morgan fingerprint density at radius 2 is 2.32 bits per heavy atom. The van der Waals surface area contributed by atoms with Gasteiger partial charge in [0.25, 0.3) is 5.91 Å². The van der Waals surface area contributed by atoms with Crippen molar-refractivity contribution in [2.75, 3.05) is 11.9 Å². The van der Waals surface area contributed by atoms with Crippen LogP contribution in [0.4, 0.5) is 5.69 Å². The lowest BCUT2D eigenvalue weighted by Gasteiger charge is -2.13. The number of hydrogen-bond acceptors (Lipinski definition) is 4. The fourth-order valence-corrected chi connectivity index (χ4v) is 2.17. The lowest BCUT2D eigenvalue weighted by molar-refractivity contribution is -0.126. The first-order chi connectivity index (χ1) is 10.6. The van der Waals surface area contributed by atoms with E-state index in [9.17, 15) is 4.79 Å². The molecule has 1 N–H and O–H groups in total. The van der Waals surface area contributed by atoms with Crippen LogP contribution in [-0.4, -0.2) is 33.4 Å². The highest BCUT2D eigenvalue weighted by atomic mass is 16.5. The molecule has 0 radical (unpaired) electrons. The second kappa shape index (κ2) is 6.27. The molecule has 1 atom stereocenters. The maximum atomic E-state index is 12.1. The third-order valence-corrected chi connectivity index (χ3v) is 3.75. The van der Waals surface area contributed by atoms with Crippen LogP contribution >= 0.6 is 0 Å². The van der Waals surface area contributed by atoms with Gasteiger partial charge in [-0.05, 0) is 37.8 Å². The summed E-state index contributed by atoms with van der Waals surface area (Å²) in [6.45, 7) is 2.46. The van der Waals surface area contributed by atoms with Gasteiger partial charge in [0.05, 0.1) is 6.61 Å². The molecule has 0 unspecified atom stereocenters. The topological polar surface area (TPSA) is 69.0 Å². The fourth-order valence-electron chi connectivity index (χ4n) is 2.17. The molecule has 0 saturated heterocycles. The van der Waals surface area contributed by atoms with E-state index in [1.807, 2.05) is 35.9 Å². The summed E-state index contributed by atoms with van der Waals surface area (Å²) in [5.41, 5.74) is 1.64. The molecule has 1 aromatic carbocycles. The number of amides is 1. The van der Waals surface area contributed by atoms with Crippen LogP contribution in [0.15, 0.2) is 30.6 Å². The number of anilines is 1. The zero-order valence-corrected chi connectivity index (χ0v) is 12.8. The first kappa shape index (κ1) is 14.7. The van der Waals surface area contributed by atoms with Crippen molar-refractivity contribution in [3.8, 4) is 11.4 Å². The number of nitrogens with zero attached hydrogens (tertiary/aromatic N) is 3. The van der Waals surface area contributed by atoms with Crippen LogP contribution in [0.2, 0.25) is 0 Å². The molecule has 0 aliphatic heterocycles. The molecule has 1 fully saturated rings. The standard InChI is InChI=1S/C16H20N4O2/c1-11(22-9-12-6-7-12)16(21)18-14-5-3-4-13(8-14)15-19-17-10-20(15)2/h3-5,8,10-12H,6-7,9H2,1-2H3,(H,18,21)/t11-/m0/s1. The Bertz CT molecular complexity index is 664. The van der Waals surface area contributed by atoms with Gasteiger partial charge in [0.2, 0.25) is 0 Å². The number of aryl methyl sites for hydroxylation is 1. The van der Waals surface area contributed by atoms with E-state index in [4.69, 9.17) is 4.74 Å². The van der Waals surface area contributed by atoms with Crippen LogP contribution in [0.1, 0.15) is 19.8 Å². The first-order valence-corrected chi connectivity index (χ1v) is 7.50. The monoisotopic (exact) mass is 300 g/mol. The molecule has 1 aromatic heterocycles. The summed E-state index contributed by atoms with van der Waals surface area (Å²) in [5, 5.41) is 10.8. The third-order valence-electron chi connectivity index (χ3n) is 3.75. The minimum Gasteiger partial charge on any atom is -0.368 e. The maximum Gasteiger partial charge on any atom is 0.253 e. The van der Waals surface area contributed by atoms with Crippen LogP contribution in [0.5, 0.6) is 0 Å². The summed E-state index contributed by atoms with van der Waals surface area (Å²) in [6, 6.07) is 7.56. The van der Waals surface area contributed by atoms with Gasteiger partial charge in [-0.2, -0.15) is 0 Å². The third kappa shape index (κ3) is 3.51. The molecule has 3 rings (SSSR count). The number of benzene rings is 1. The van der Waals surface area contributed by atoms with Gasteiger partial charge >= 0.3 is 0 Å². The molecule has 1 heterocycles. The van der Waals surface area contributed by atoms with Gasteiger partial charge in [-0.25, -0.2) is 0 Å². The smallest absolute Gasteiger partial charge is 0.253 e. The Labute approximate surface area is 129 Å². The fraction of sp³-hybridized carbons (Fsp3) is 0.438. The van der Waals surface area contributed by atoms with Gasteiger partial charge in [0.15, 0.2) is 5.82 Å². The number of hydrogen-bond donors (Lipinski definition) is 1. The van der Waals surface area contributed by atoms with E-state index in [1.165, 1.54) is 12.8 Å². The van der Waals surface area contributed by atoms with Crippen LogP contribution in [0, 0.1) is 5.92 Å². The lowest BCUT2D eigenvalue weighted by atomic mass is 10.2. The number of carbonyl (C=O) groups excluding carboxylic acids is 1. The summed E-state index contributed by atoms with van der Waals surface area (Å²) >= 11 is 0. The number of ether oxygens (including phenoxy) is 1. The minimum atomic E-state index is -0.445. The van der Waals surface area contributed by atoms with Crippen molar-refractivity contribution >= 4 is 11.6 Å². The molecule has 1 amide bonds. The molecule has 0 spiro atoms. The molecule has 1 aliphatic carbocycles. The Kier molecular flexibility index (Phi) is 4.20. The largest absolute Gasteiger partial charge is 0.368 e. The summed E-state index contributed by atoms with van der Waals surface area (Å²) in [5.74, 6) is 1.28. The Hall–Kier alpha value is -2.21. The lowest BCUT2D eigenvalue weighted by Crippen LogP contribution is -2.28. The number of aromatic nitrogens is 3. The van der Waals surface area contributed by atoms with Gasteiger partial charge in [0, 0.05) is 18.3 Å². The average Bonchev–Trinajstić information content (AvgIpc) is 3.25. The second-order valence-electron chi connectivity index (χ2n) is 5.75. The maximum absolute atomic E-state index is 12.1. The zero-order valence-electron chi connectivity index (χ0n) is 12.8. The van der Waals surface area contributed by atoms with Crippen molar-refractivity contribution in [2.45, 2.75) is 25.9 Å². The van der Waals surface area contributed by atoms with E-state index < -0.39 is 6.10 Å². The van der Waals surface area contributed by atoms with E-state index in [0.29, 0.717) is 12.5 Å². The first-order valence-electron chi connectivity index (χ1n) is 7.50. The second-order valence-corrected chi connectivity index (χ2v) is 5.75. The van der Waals surface area contributed by atoms with Crippen molar-refractivity contribution in [3.63, 3.8) is 0 Å². The summed E-state index contributed by atoms with van der Waals surface area (Å²) < 4.78 is 7.42. The SMILES string of the molecule is C[C@H](OCC1CC1)C(=O)Nc1cccc(-c2nncn2C)c1. The summed E-state index contributed by atoms with van der Waals surface area (Å²) in [7, 11) is 1.88. The van der Waals surface area contributed by atoms with Gasteiger partial charge in [0.1, 0.15) is 12.4 Å². The van der Waals surface area contributed by atoms with Crippen LogP contribution < -0.4 is 5.32 Å². The van der Waals surface area contributed by atoms with Crippen molar-refractivity contribution in [3.05, 3.63) is 30.6 Å². The highest BCUT2D eigenvalue weighted by Gasteiger charge is 2.24. The summed E-state index contributed by atoms with van der Waals surface area (Å²) in [6.07, 6.45) is 3.63. The van der Waals surface area contributed by atoms with Gasteiger partial charge in [-0.3, -0.25) is 4.79 Å². The predicted molar refractivity (Wildman–Crippen MR) is 83.2 cm³/mol. The van der Waals surface area contributed by atoms with Crippen LogP contribution in [0.25, 0.3) is 11.4 Å². The normalized spacial score (nSPS) is 15.5. The predicted octanol–water partition coefficient (Wildman–Crippen LogP) is 2.24. The molecule has 6 heteroatoms. The molecule has 0 bridgehead atoms. The van der Waals surface area contributed by atoms with E-state index in [2.05, 4.69) is 15.5 Å². The van der Waals surface area contributed by atoms with Crippen molar-refractivity contribution in [1.82, 2.24) is 14.8 Å². The van der Waals surface area contributed by atoms with E-state index in [-0.39, 0.29) is 5.91 Å². The highest BCUT2D eigenvalue weighted by molar-refractivity contribution is 5.94. The van der Waals surface area contributed by atoms with Crippen molar-refractivity contribution in [1.29, 1.82) is 0 Å². The van der Waals surface area contributed by atoms with E-state index >= 15 is 0 Å². The molecule has 1 aliphatic rings. The quantitative estimate of drug-likeness (QED) is 0.888. The number of carbonyl (C=O) groups is 1. The van der Waals surface area contributed by atoms with E-state index in [0.717, 1.165) is 17.1 Å². The Morgan fingerprint density at radius 3 is 3.00 bits per heavy atom. The Morgan fingerprint density at radius 1 is 1.50 bits per heavy atom. The molecule has 22 heavy (non-hydrogen) atoms. The minimum absolute atomic E-state index is 0.129. The average molecular weight is 300 g/mol. The van der Waals surface area contributed by atoms with Crippen LogP contribution in [-0.2, 0) is 16.6 Å². The number of rotatable bonds is 6. The van der Waals surface area contributed by atoms with Gasteiger partial charge < -0.3 is 14.6 Å². The summed E-state index contributed by atoms with van der Waals surface area (Å²) in [4.78, 5) is 12.1. The highest BCUT2D eigenvalue weighted by Crippen LogP contribution is 2.29. The van der Waals surface area contributed by atoms with Gasteiger partial charge in [-0.15, -0.1) is 10.2 Å². The zero-order chi connectivity index (χ0) is 15.5. The molecular weight excluding hydrogens is 280 g/mol. The Balaban J connectivity index is 1.64. The van der Waals surface area contributed by atoms with Crippen molar-refractivity contribution < 1.29 is 9.53 Å². The number of nitrogens with one attached hydrogen (secondary N) is 1. The molecule has 116 valence electrons.